The van der Waals surface area contributed by atoms with Crippen molar-refractivity contribution in [2.45, 2.75) is 90.9 Å². The fourth-order valence-corrected chi connectivity index (χ4v) is 1.92. The van der Waals surface area contributed by atoms with Gasteiger partial charge in [-0.2, -0.15) is 0 Å². The standard InChI is InChI=1S/C15H31/c1-3-5-7-9-11-13-15-14-12-10-8-6-4-2/h9H,3-8,10-15H2,1-2H3. The zero-order chi connectivity index (χ0) is 11.2. The Morgan fingerprint density at radius 2 is 1.00 bits per heavy atom. The van der Waals surface area contributed by atoms with E-state index < -0.39 is 0 Å². The van der Waals surface area contributed by atoms with Gasteiger partial charge in [-0.3, -0.25) is 0 Å². The second kappa shape index (κ2) is 14.0. The van der Waals surface area contributed by atoms with Crippen LogP contribution in [-0.2, 0) is 0 Å². The molecule has 15 heavy (non-hydrogen) atoms. The van der Waals surface area contributed by atoms with Gasteiger partial charge in [-0.05, 0) is 6.42 Å². The van der Waals surface area contributed by atoms with Gasteiger partial charge in [0, 0.05) is 0 Å². The smallest absolute Gasteiger partial charge is 0.0386 e. The van der Waals surface area contributed by atoms with Crippen LogP contribution in [0.1, 0.15) is 90.9 Å². The quantitative estimate of drug-likeness (QED) is 0.352. The van der Waals surface area contributed by atoms with E-state index in [9.17, 15) is 0 Å². The summed E-state index contributed by atoms with van der Waals surface area (Å²) in [6.45, 7) is 4.55. The molecule has 0 fully saturated rings. The Kier molecular flexibility index (Phi) is 14.0. The third kappa shape index (κ3) is 14.0. The molecule has 0 aliphatic rings. The molecule has 91 valence electrons. The van der Waals surface area contributed by atoms with E-state index in [4.69, 9.17) is 0 Å². The number of hydrogen-bond donors (Lipinski definition) is 0. The normalized spacial score (nSPS) is 10.8. The highest BCUT2D eigenvalue weighted by Crippen LogP contribution is 2.11. The maximum Gasteiger partial charge on any atom is -0.0386 e. The molecule has 0 bridgehead atoms. The van der Waals surface area contributed by atoms with Gasteiger partial charge in [0.25, 0.3) is 0 Å². The molecule has 0 spiro atoms. The first kappa shape index (κ1) is 15.0. The summed E-state index contributed by atoms with van der Waals surface area (Å²) < 4.78 is 0. The Bertz CT molecular complexity index is 84.2. The van der Waals surface area contributed by atoms with Gasteiger partial charge in [0.1, 0.15) is 0 Å². The zero-order valence-electron chi connectivity index (χ0n) is 11.1. The minimum Gasteiger partial charge on any atom is -0.0654 e. The molecule has 1 radical (unpaired) electrons. The Morgan fingerprint density at radius 1 is 0.533 bits per heavy atom. The van der Waals surface area contributed by atoms with Gasteiger partial charge in [-0.1, -0.05) is 90.9 Å². The summed E-state index contributed by atoms with van der Waals surface area (Å²) in [7, 11) is 0. The highest BCUT2D eigenvalue weighted by Gasteiger charge is 1.92. The average molecular weight is 211 g/mol. The first-order valence-electron chi connectivity index (χ1n) is 7.23. The van der Waals surface area contributed by atoms with Gasteiger partial charge in [0.15, 0.2) is 0 Å². The fourth-order valence-electron chi connectivity index (χ4n) is 1.92. The molecule has 0 amide bonds. The van der Waals surface area contributed by atoms with E-state index in [1.54, 1.807) is 0 Å². The largest absolute Gasteiger partial charge is 0.0654 e. The van der Waals surface area contributed by atoms with Crippen LogP contribution in [0.5, 0.6) is 0 Å². The van der Waals surface area contributed by atoms with Gasteiger partial charge >= 0.3 is 0 Å². The molecule has 0 aromatic heterocycles. The van der Waals surface area contributed by atoms with Crippen LogP contribution in [0.2, 0.25) is 0 Å². The van der Waals surface area contributed by atoms with Crippen molar-refractivity contribution in [3.8, 4) is 0 Å². The maximum absolute atomic E-state index is 2.49. The lowest BCUT2D eigenvalue weighted by atomic mass is 10.1. The molecule has 0 heteroatoms. The molecule has 0 aromatic carbocycles. The fraction of sp³-hybridized carbons (Fsp3) is 0.933. The molecule has 0 heterocycles. The van der Waals surface area contributed by atoms with Crippen LogP contribution in [0.3, 0.4) is 0 Å². The van der Waals surface area contributed by atoms with Gasteiger partial charge in [0.2, 0.25) is 0 Å². The summed E-state index contributed by atoms with van der Waals surface area (Å²) in [6, 6.07) is 0. The Hall–Kier alpha value is 0. The van der Waals surface area contributed by atoms with Crippen LogP contribution in [-0.4, -0.2) is 0 Å². The van der Waals surface area contributed by atoms with E-state index in [1.165, 1.54) is 77.0 Å². The summed E-state index contributed by atoms with van der Waals surface area (Å²) in [5, 5.41) is 0. The van der Waals surface area contributed by atoms with Crippen LogP contribution >= 0.6 is 0 Å². The zero-order valence-corrected chi connectivity index (χ0v) is 11.1. The number of unbranched alkanes of at least 4 members (excludes halogenated alkanes) is 12. The third-order valence-electron chi connectivity index (χ3n) is 3.02. The third-order valence-corrected chi connectivity index (χ3v) is 3.02. The van der Waals surface area contributed by atoms with Crippen molar-refractivity contribution in [3.63, 3.8) is 0 Å². The lowest BCUT2D eigenvalue weighted by Crippen LogP contribution is -1.82. The summed E-state index contributed by atoms with van der Waals surface area (Å²) >= 11 is 0. The summed E-state index contributed by atoms with van der Waals surface area (Å²) in [6.07, 6.45) is 19.4. The number of rotatable bonds is 12. The van der Waals surface area contributed by atoms with Crippen molar-refractivity contribution >= 4 is 0 Å². The molecule has 0 unspecified atom stereocenters. The lowest BCUT2D eigenvalue weighted by Gasteiger charge is -2.01. The maximum atomic E-state index is 2.49. The predicted molar refractivity (Wildman–Crippen MR) is 71.1 cm³/mol. The molecule has 0 rings (SSSR count). The van der Waals surface area contributed by atoms with Crippen molar-refractivity contribution in [2.24, 2.45) is 0 Å². The molecule has 0 aliphatic heterocycles. The molecule has 0 saturated heterocycles. The topological polar surface area (TPSA) is 0 Å². The SMILES string of the molecule is CCCC[CH]CCCCCCCCCC. The minimum absolute atomic E-state index is 1.34. The second-order valence-electron chi connectivity index (χ2n) is 4.69. The molecule has 0 aromatic rings. The number of hydrogen-bond acceptors (Lipinski definition) is 0. The van der Waals surface area contributed by atoms with Gasteiger partial charge < -0.3 is 0 Å². The molecule has 0 atom stereocenters. The van der Waals surface area contributed by atoms with E-state index in [-0.39, 0.29) is 0 Å². The monoisotopic (exact) mass is 211 g/mol. The van der Waals surface area contributed by atoms with Crippen LogP contribution < -0.4 is 0 Å². The minimum atomic E-state index is 1.34. The Balaban J connectivity index is 2.81. The molecule has 0 nitrogen and oxygen atoms in total. The van der Waals surface area contributed by atoms with Crippen molar-refractivity contribution in [1.29, 1.82) is 0 Å². The van der Waals surface area contributed by atoms with Crippen molar-refractivity contribution in [3.05, 3.63) is 6.42 Å². The lowest BCUT2D eigenvalue weighted by molar-refractivity contribution is 0.570. The van der Waals surface area contributed by atoms with Crippen molar-refractivity contribution < 1.29 is 0 Å². The molecule has 0 aliphatic carbocycles. The summed E-state index contributed by atoms with van der Waals surface area (Å²) in [4.78, 5) is 0. The Morgan fingerprint density at radius 3 is 1.60 bits per heavy atom. The van der Waals surface area contributed by atoms with Gasteiger partial charge in [-0.25, -0.2) is 0 Å². The van der Waals surface area contributed by atoms with Crippen LogP contribution in [0.25, 0.3) is 0 Å². The first-order chi connectivity index (χ1) is 7.41. The highest BCUT2D eigenvalue weighted by atomic mass is 14.0. The van der Waals surface area contributed by atoms with E-state index in [1.807, 2.05) is 0 Å². The predicted octanol–water partition coefficient (Wildman–Crippen LogP) is 5.91. The van der Waals surface area contributed by atoms with Crippen LogP contribution in [0, 0.1) is 6.42 Å². The summed E-state index contributed by atoms with van der Waals surface area (Å²) in [5.74, 6) is 0. The van der Waals surface area contributed by atoms with Crippen molar-refractivity contribution in [2.75, 3.05) is 0 Å². The Labute approximate surface area is 97.8 Å². The van der Waals surface area contributed by atoms with Crippen LogP contribution in [0.4, 0.5) is 0 Å². The molecule has 0 N–H and O–H groups in total. The van der Waals surface area contributed by atoms with Crippen molar-refractivity contribution in [1.82, 2.24) is 0 Å². The average Bonchev–Trinajstić information content (AvgIpc) is 2.26. The van der Waals surface area contributed by atoms with E-state index in [0.29, 0.717) is 0 Å². The highest BCUT2D eigenvalue weighted by molar-refractivity contribution is 4.63. The molecular formula is C15H31. The van der Waals surface area contributed by atoms with Gasteiger partial charge in [0.05, 0.1) is 0 Å². The van der Waals surface area contributed by atoms with E-state index in [2.05, 4.69) is 20.3 Å². The molecule has 0 saturated carbocycles. The van der Waals surface area contributed by atoms with E-state index in [0.717, 1.165) is 0 Å². The molecular weight excluding hydrogens is 180 g/mol. The van der Waals surface area contributed by atoms with Crippen LogP contribution in [0.15, 0.2) is 0 Å². The summed E-state index contributed by atoms with van der Waals surface area (Å²) in [5.41, 5.74) is 0. The van der Waals surface area contributed by atoms with E-state index >= 15 is 0 Å². The second-order valence-corrected chi connectivity index (χ2v) is 4.69. The first-order valence-corrected chi connectivity index (χ1v) is 7.23. The van der Waals surface area contributed by atoms with Gasteiger partial charge in [-0.15, -0.1) is 0 Å².